The highest BCUT2D eigenvalue weighted by atomic mass is 19.1. The normalized spacial score (nSPS) is 11.4. The van der Waals surface area contributed by atoms with Crippen LogP contribution in [0.1, 0.15) is 5.56 Å². The van der Waals surface area contributed by atoms with E-state index < -0.39 is 0 Å². The van der Waals surface area contributed by atoms with E-state index in [1.54, 1.807) is 18.5 Å². The van der Waals surface area contributed by atoms with Crippen LogP contribution in [0.3, 0.4) is 0 Å². The molecule has 0 atom stereocenters. The van der Waals surface area contributed by atoms with Crippen LogP contribution < -0.4 is 0 Å². The summed E-state index contributed by atoms with van der Waals surface area (Å²) in [4.78, 5) is 16.7. The smallest absolute Gasteiger partial charge is 0.178 e. The molecule has 4 aromatic heterocycles. The molecule has 2 aromatic carbocycles. The van der Waals surface area contributed by atoms with Crippen LogP contribution in [0, 0.1) is 12.7 Å². The molecule has 6 aromatic rings. The third-order valence-corrected chi connectivity index (χ3v) is 5.66. The molecule has 0 aliphatic heterocycles. The molecule has 32 heavy (non-hydrogen) atoms. The Morgan fingerprint density at radius 3 is 2.69 bits per heavy atom. The summed E-state index contributed by atoms with van der Waals surface area (Å²) in [5.41, 5.74) is 7.77. The van der Waals surface area contributed by atoms with Gasteiger partial charge in [-0.25, -0.2) is 14.4 Å². The van der Waals surface area contributed by atoms with Gasteiger partial charge in [0.25, 0.3) is 0 Å². The van der Waals surface area contributed by atoms with Crippen molar-refractivity contribution in [2.45, 2.75) is 6.92 Å². The standard InChI is InChI=1S/C25H17FN6/c1-14-7-9-27-13-20(14)16-5-6-21-19(12-16)23(32-31-21)25-29-22-18(8-10-28-24(22)30-25)15-3-2-4-17(26)11-15/h2-13H,1H3,(H,31,32)(H,28,29,30). The van der Waals surface area contributed by atoms with Gasteiger partial charge in [0.15, 0.2) is 11.5 Å². The van der Waals surface area contributed by atoms with Crippen molar-refractivity contribution in [3.8, 4) is 33.8 Å². The van der Waals surface area contributed by atoms with Gasteiger partial charge < -0.3 is 4.98 Å². The van der Waals surface area contributed by atoms with E-state index in [0.29, 0.717) is 17.2 Å². The second kappa shape index (κ2) is 7.09. The molecule has 154 valence electrons. The first-order valence-electron chi connectivity index (χ1n) is 10.2. The quantitative estimate of drug-likeness (QED) is 0.386. The van der Waals surface area contributed by atoms with E-state index in [0.717, 1.165) is 44.2 Å². The molecule has 0 saturated heterocycles. The molecule has 7 heteroatoms. The summed E-state index contributed by atoms with van der Waals surface area (Å²) >= 11 is 0. The van der Waals surface area contributed by atoms with Gasteiger partial charge in [0.1, 0.15) is 11.5 Å². The number of hydrogen-bond acceptors (Lipinski definition) is 4. The van der Waals surface area contributed by atoms with E-state index in [-0.39, 0.29) is 5.82 Å². The van der Waals surface area contributed by atoms with Gasteiger partial charge in [0.2, 0.25) is 0 Å². The fourth-order valence-electron chi connectivity index (χ4n) is 4.05. The lowest BCUT2D eigenvalue weighted by atomic mass is 10.0. The van der Waals surface area contributed by atoms with Crippen molar-refractivity contribution < 1.29 is 4.39 Å². The van der Waals surface area contributed by atoms with Crippen molar-refractivity contribution in [2.24, 2.45) is 0 Å². The highest BCUT2D eigenvalue weighted by Crippen LogP contribution is 2.33. The molecule has 2 N–H and O–H groups in total. The first-order chi connectivity index (χ1) is 15.7. The van der Waals surface area contributed by atoms with Gasteiger partial charge in [0, 0.05) is 35.1 Å². The Bertz CT molecular complexity index is 1610. The maximum absolute atomic E-state index is 13.8. The summed E-state index contributed by atoms with van der Waals surface area (Å²) in [7, 11) is 0. The highest BCUT2D eigenvalue weighted by molar-refractivity contribution is 5.97. The van der Waals surface area contributed by atoms with Crippen molar-refractivity contribution in [3.63, 3.8) is 0 Å². The number of hydrogen-bond donors (Lipinski definition) is 2. The van der Waals surface area contributed by atoms with Gasteiger partial charge in [-0.3, -0.25) is 10.1 Å². The Labute approximate surface area is 182 Å². The predicted octanol–water partition coefficient (Wildman–Crippen LogP) is 5.68. The molecule has 0 aliphatic carbocycles. The number of aryl methyl sites for hydroxylation is 1. The van der Waals surface area contributed by atoms with E-state index in [9.17, 15) is 4.39 Å². The lowest BCUT2D eigenvalue weighted by Gasteiger charge is -2.05. The van der Waals surface area contributed by atoms with Crippen molar-refractivity contribution in [2.75, 3.05) is 0 Å². The van der Waals surface area contributed by atoms with E-state index >= 15 is 0 Å². The summed E-state index contributed by atoms with van der Waals surface area (Å²) in [5, 5.41) is 8.54. The Balaban J connectivity index is 1.52. The molecule has 0 radical (unpaired) electrons. The minimum absolute atomic E-state index is 0.288. The fraction of sp³-hybridized carbons (Fsp3) is 0.0400. The zero-order chi connectivity index (χ0) is 21.7. The van der Waals surface area contributed by atoms with E-state index in [4.69, 9.17) is 0 Å². The molecule has 0 bridgehead atoms. The largest absolute Gasteiger partial charge is 0.335 e. The summed E-state index contributed by atoms with van der Waals surface area (Å²) < 4.78 is 13.8. The van der Waals surface area contributed by atoms with Crippen LogP contribution in [0.25, 0.3) is 55.8 Å². The number of aromatic amines is 2. The molecule has 0 amide bonds. The Morgan fingerprint density at radius 2 is 1.81 bits per heavy atom. The van der Waals surface area contributed by atoms with Crippen LogP contribution in [0.15, 0.2) is 73.2 Å². The number of imidazole rings is 1. The molecule has 0 aliphatic rings. The minimum Gasteiger partial charge on any atom is -0.335 e. The Morgan fingerprint density at radius 1 is 0.906 bits per heavy atom. The van der Waals surface area contributed by atoms with E-state index in [1.807, 2.05) is 30.5 Å². The van der Waals surface area contributed by atoms with E-state index in [1.165, 1.54) is 12.1 Å². The first kappa shape index (κ1) is 18.4. The molecular weight excluding hydrogens is 403 g/mol. The topological polar surface area (TPSA) is 83.1 Å². The summed E-state index contributed by atoms with van der Waals surface area (Å²) in [6, 6.07) is 16.5. The van der Waals surface area contributed by atoms with E-state index in [2.05, 4.69) is 49.2 Å². The van der Waals surface area contributed by atoms with Crippen molar-refractivity contribution in [3.05, 3.63) is 84.6 Å². The highest BCUT2D eigenvalue weighted by Gasteiger charge is 2.16. The molecule has 0 spiro atoms. The summed E-state index contributed by atoms with van der Waals surface area (Å²) in [5.74, 6) is 0.311. The number of benzene rings is 2. The number of halogens is 1. The fourth-order valence-corrected chi connectivity index (χ4v) is 4.05. The number of nitrogens with zero attached hydrogens (tertiary/aromatic N) is 4. The second-order valence-corrected chi connectivity index (χ2v) is 7.68. The number of nitrogens with one attached hydrogen (secondary N) is 2. The van der Waals surface area contributed by atoms with Gasteiger partial charge in [-0.2, -0.15) is 5.10 Å². The third kappa shape index (κ3) is 2.94. The van der Waals surface area contributed by atoms with Gasteiger partial charge in [-0.05, 0) is 60.0 Å². The van der Waals surface area contributed by atoms with Crippen LogP contribution in [0.2, 0.25) is 0 Å². The maximum atomic E-state index is 13.8. The lowest BCUT2D eigenvalue weighted by Crippen LogP contribution is -1.86. The monoisotopic (exact) mass is 420 g/mol. The molecular formula is C25H17FN6. The van der Waals surface area contributed by atoms with Crippen LogP contribution >= 0.6 is 0 Å². The zero-order valence-corrected chi connectivity index (χ0v) is 17.1. The van der Waals surface area contributed by atoms with Crippen molar-refractivity contribution in [1.82, 2.24) is 30.1 Å². The van der Waals surface area contributed by atoms with Crippen LogP contribution in [0.5, 0.6) is 0 Å². The van der Waals surface area contributed by atoms with Crippen molar-refractivity contribution in [1.29, 1.82) is 0 Å². The summed E-state index contributed by atoms with van der Waals surface area (Å²) in [6.45, 7) is 2.07. The maximum Gasteiger partial charge on any atom is 0.178 e. The lowest BCUT2D eigenvalue weighted by molar-refractivity contribution is 0.628. The SMILES string of the molecule is Cc1ccncc1-c1ccc2[nH]nc(-c3nc4nccc(-c5cccc(F)c5)c4[nH]3)c2c1. The van der Waals surface area contributed by atoms with Crippen LogP contribution in [-0.2, 0) is 0 Å². The third-order valence-electron chi connectivity index (χ3n) is 5.66. The molecule has 4 heterocycles. The number of aromatic nitrogens is 6. The molecule has 6 rings (SSSR count). The first-order valence-corrected chi connectivity index (χ1v) is 10.2. The second-order valence-electron chi connectivity index (χ2n) is 7.68. The van der Waals surface area contributed by atoms with Crippen LogP contribution in [-0.4, -0.2) is 30.1 Å². The number of H-pyrrole nitrogens is 2. The average Bonchev–Trinajstić information content (AvgIpc) is 3.42. The van der Waals surface area contributed by atoms with Crippen molar-refractivity contribution >= 4 is 22.1 Å². The Hall–Kier alpha value is -4.39. The predicted molar refractivity (Wildman–Crippen MR) is 122 cm³/mol. The van der Waals surface area contributed by atoms with Gasteiger partial charge in [0.05, 0.1) is 11.0 Å². The zero-order valence-electron chi connectivity index (χ0n) is 17.1. The molecule has 6 nitrogen and oxygen atoms in total. The van der Waals surface area contributed by atoms with Gasteiger partial charge >= 0.3 is 0 Å². The molecule has 0 fully saturated rings. The number of fused-ring (bicyclic) bond motifs is 2. The van der Waals surface area contributed by atoms with Gasteiger partial charge in [-0.15, -0.1) is 0 Å². The summed E-state index contributed by atoms with van der Waals surface area (Å²) in [6.07, 6.45) is 5.34. The number of rotatable bonds is 3. The molecule has 0 saturated carbocycles. The molecule has 0 unspecified atom stereocenters. The Kier molecular flexibility index (Phi) is 4.07. The van der Waals surface area contributed by atoms with Gasteiger partial charge in [-0.1, -0.05) is 18.2 Å². The number of pyridine rings is 2. The average molecular weight is 420 g/mol. The minimum atomic E-state index is -0.288. The van der Waals surface area contributed by atoms with Crippen LogP contribution in [0.4, 0.5) is 4.39 Å².